The molecule has 3 amide bonds. The first-order valence-electron chi connectivity index (χ1n) is 10.2. The van der Waals surface area contributed by atoms with Crippen molar-refractivity contribution in [3.63, 3.8) is 0 Å². The molecule has 0 atom stereocenters. The normalized spacial score (nSPS) is 26.9. The number of aromatic nitrogens is 1. The van der Waals surface area contributed by atoms with E-state index >= 15 is 0 Å². The number of amides is 3. The summed E-state index contributed by atoms with van der Waals surface area (Å²) >= 11 is 0. The van der Waals surface area contributed by atoms with Crippen LogP contribution in [-0.2, 0) is 16.8 Å². The van der Waals surface area contributed by atoms with E-state index in [-0.39, 0.29) is 17.5 Å². The Morgan fingerprint density at radius 1 is 1.00 bits per heavy atom. The molecule has 1 saturated carbocycles. The van der Waals surface area contributed by atoms with Gasteiger partial charge in [-0.1, -0.05) is 30.3 Å². The summed E-state index contributed by atoms with van der Waals surface area (Å²) in [5.41, 5.74) is 1.47. The molecule has 2 aliphatic rings. The van der Waals surface area contributed by atoms with Gasteiger partial charge in [0.15, 0.2) is 0 Å². The third-order valence-corrected chi connectivity index (χ3v) is 6.72. The molecule has 29 heavy (non-hydrogen) atoms. The van der Waals surface area contributed by atoms with Gasteiger partial charge in [-0.05, 0) is 69.5 Å². The van der Waals surface area contributed by atoms with Gasteiger partial charge in [-0.15, -0.1) is 0 Å². The Labute approximate surface area is 171 Å². The van der Waals surface area contributed by atoms with E-state index in [1.54, 1.807) is 12.4 Å². The number of nitrogens with one attached hydrogen (secondary N) is 1. The minimum Gasteiger partial charge on any atom is -0.323 e. The molecule has 2 heterocycles. The zero-order chi connectivity index (χ0) is 20.5. The topological polar surface area (TPSA) is 65.5 Å². The molecule has 1 aromatic heterocycles. The summed E-state index contributed by atoms with van der Waals surface area (Å²) in [6, 6.07) is 14.0. The number of pyridine rings is 1. The first kappa shape index (κ1) is 19.6. The summed E-state index contributed by atoms with van der Waals surface area (Å²) in [5.74, 6) is -0.0722. The van der Waals surface area contributed by atoms with Crippen LogP contribution in [0.2, 0.25) is 0 Å². The predicted octanol–water partition coefficient (Wildman–Crippen LogP) is 2.95. The molecule has 6 heteroatoms. The number of imide groups is 1. The Bertz CT molecular complexity index is 874. The number of rotatable bonds is 5. The standard InChI is InChI=1S/C23H28N4O2/c1-26(2)23(19-6-4-3-5-7-19)13-11-22(12-14-23)20(28)27(21(29)25-22)17-10-18-8-15-24-16-9-18/h3-9,15-16H,10-14,17H2,1-2H3,(H,25,29). The summed E-state index contributed by atoms with van der Waals surface area (Å²) in [6.45, 7) is 0.397. The van der Waals surface area contributed by atoms with Gasteiger partial charge in [-0.2, -0.15) is 0 Å². The second-order valence-electron chi connectivity index (χ2n) is 8.37. The molecule has 1 saturated heterocycles. The van der Waals surface area contributed by atoms with Crippen LogP contribution in [-0.4, -0.2) is 52.9 Å². The molecule has 1 aliphatic carbocycles. The number of nitrogens with zero attached hydrogens (tertiary/aromatic N) is 3. The molecular weight excluding hydrogens is 364 g/mol. The number of hydrogen-bond donors (Lipinski definition) is 1. The highest BCUT2D eigenvalue weighted by atomic mass is 16.2. The summed E-state index contributed by atoms with van der Waals surface area (Å²) in [7, 11) is 4.20. The van der Waals surface area contributed by atoms with Gasteiger partial charge in [0.05, 0.1) is 0 Å². The number of hydrogen-bond acceptors (Lipinski definition) is 4. The third kappa shape index (κ3) is 3.42. The van der Waals surface area contributed by atoms with E-state index in [4.69, 9.17) is 0 Å². The monoisotopic (exact) mass is 392 g/mol. The molecule has 0 bridgehead atoms. The maximum Gasteiger partial charge on any atom is 0.325 e. The van der Waals surface area contributed by atoms with E-state index in [1.165, 1.54) is 10.5 Å². The second-order valence-corrected chi connectivity index (χ2v) is 8.37. The highest BCUT2D eigenvalue weighted by Crippen LogP contribution is 2.46. The van der Waals surface area contributed by atoms with E-state index in [0.29, 0.717) is 25.8 Å². The van der Waals surface area contributed by atoms with Gasteiger partial charge in [0.25, 0.3) is 5.91 Å². The van der Waals surface area contributed by atoms with Gasteiger partial charge in [-0.25, -0.2) is 4.79 Å². The molecule has 1 spiro atoms. The largest absolute Gasteiger partial charge is 0.325 e. The van der Waals surface area contributed by atoms with Crippen LogP contribution in [0.4, 0.5) is 4.79 Å². The van der Waals surface area contributed by atoms with Gasteiger partial charge < -0.3 is 5.32 Å². The molecule has 152 valence electrons. The molecule has 1 aliphatic heterocycles. The number of carbonyl (C=O) groups excluding carboxylic acids is 2. The highest BCUT2D eigenvalue weighted by Gasteiger charge is 2.55. The van der Waals surface area contributed by atoms with Gasteiger partial charge in [-0.3, -0.25) is 19.6 Å². The van der Waals surface area contributed by atoms with Gasteiger partial charge in [0, 0.05) is 24.5 Å². The quantitative estimate of drug-likeness (QED) is 0.795. The van der Waals surface area contributed by atoms with E-state index in [1.807, 2.05) is 18.2 Å². The maximum atomic E-state index is 13.2. The zero-order valence-corrected chi connectivity index (χ0v) is 17.1. The van der Waals surface area contributed by atoms with E-state index in [9.17, 15) is 9.59 Å². The van der Waals surface area contributed by atoms with Crippen molar-refractivity contribution < 1.29 is 9.59 Å². The van der Waals surface area contributed by atoms with Crippen molar-refractivity contribution in [2.24, 2.45) is 0 Å². The molecule has 1 aromatic carbocycles. The van der Waals surface area contributed by atoms with Crippen LogP contribution >= 0.6 is 0 Å². The lowest BCUT2D eigenvalue weighted by atomic mass is 9.68. The van der Waals surface area contributed by atoms with E-state index < -0.39 is 5.54 Å². The molecule has 0 radical (unpaired) electrons. The van der Waals surface area contributed by atoms with Crippen LogP contribution in [0.3, 0.4) is 0 Å². The summed E-state index contributed by atoms with van der Waals surface area (Å²) in [4.78, 5) is 33.5. The van der Waals surface area contributed by atoms with E-state index in [2.05, 4.69) is 53.6 Å². The van der Waals surface area contributed by atoms with Crippen molar-refractivity contribution in [3.8, 4) is 0 Å². The first-order valence-corrected chi connectivity index (χ1v) is 10.2. The fourth-order valence-corrected chi connectivity index (χ4v) is 4.84. The Balaban J connectivity index is 1.49. The number of carbonyl (C=O) groups is 2. The fourth-order valence-electron chi connectivity index (χ4n) is 4.84. The third-order valence-electron chi connectivity index (χ3n) is 6.72. The Morgan fingerprint density at radius 3 is 2.28 bits per heavy atom. The number of urea groups is 1. The van der Waals surface area contributed by atoms with Gasteiger partial charge in [0.2, 0.25) is 0 Å². The molecule has 0 unspecified atom stereocenters. The van der Waals surface area contributed by atoms with Crippen LogP contribution in [0.15, 0.2) is 54.9 Å². The van der Waals surface area contributed by atoms with Crippen LogP contribution in [0.5, 0.6) is 0 Å². The fraction of sp³-hybridized carbons (Fsp3) is 0.435. The molecule has 2 aromatic rings. The minimum atomic E-state index is -0.760. The lowest BCUT2D eigenvalue weighted by molar-refractivity contribution is -0.133. The molecule has 2 fully saturated rings. The van der Waals surface area contributed by atoms with Gasteiger partial charge >= 0.3 is 6.03 Å². The maximum absolute atomic E-state index is 13.2. The second kappa shape index (κ2) is 7.59. The molecule has 6 nitrogen and oxygen atoms in total. The van der Waals surface area contributed by atoms with Gasteiger partial charge in [0.1, 0.15) is 5.54 Å². The first-order chi connectivity index (χ1) is 14.0. The molecule has 1 N–H and O–H groups in total. The van der Waals surface area contributed by atoms with Crippen molar-refractivity contribution >= 4 is 11.9 Å². The summed E-state index contributed by atoms with van der Waals surface area (Å²) < 4.78 is 0. The van der Waals surface area contributed by atoms with Crippen LogP contribution in [0, 0.1) is 0 Å². The SMILES string of the molecule is CN(C)C1(c2ccccc2)CCC2(CC1)NC(=O)N(CCc1ccncc1)C2=O. The highest BCUT2D eigenvalue weighted by molar-refractivity contribution is 6.07. The van der Waals surface area contributed by atoms with Crippen LogP contribution in [0.1, 0.15) is 36.8 Å². The average Bonchev–Trinajstić information content (AvgIpc) is 2.97. The Kier molecular flexibility index (Phi) is 5.13. The van der Waals surface area contributed by atoms with Crippen molar-refractivity contribution in [2.75, 3.05) is 20.6 Å². The predicted molar refractivity (Wildman–Crippen MR) is 111 cm³/mol. The number of benzene rings is 1. The summed E-state index contributed by atoms with van der Waals surface area (Å²) in [5, 5.41) is 3.04. The van der Waals surface area contributed by atoms with Crippen molar-refractivity contribution in [1.82, 2.24) is 20.1 Å². The van der Waals surface area contributed by atoms with Crippen LogP contribution < -0.4 is 5.32 Å². The summed E-state index contributed by atoms with van der Waals surface area (Å²) in [6.07, 6.45) is 7.06. The Morgan fingerprint density at radius 2 is 1.66 bits per heavy atom. The van der Waals surface area contributed by atoms with Crippen molar-refractivity contribution in [3.05, 3.63) is 66.0 Å². The van der Waals surface area contributed by atoms with Crippen molar-refractivity contribution in [1.29, 1.82) is 0 Å². The van der Waals surface area contributed by atoms with E-state index in [0.717, 1.165) is 18.4 Å². The lowest BCUT2D eigenvalue weighted by Gasteiger charge is -2.48. The molecular formula is C23H28N4O2. The molecule has 4 rings (SSSR count). The average molecular weight is 393 g/mol. The van der Waals surface area contributed by atoms with Crippen LogP contribution in [0.25, 0.3) is 0 Å². The zero-order valence-electron chi connectivity index (χ0n) is 17.1. The minimum absolute atomic E-state index is 0.0722. The smallest absolute Gasteiger partial charge is 0.323 e. The van der Waals surface area contributed by atoms with Crippen molar-refractivity contribution in [2.45, 2.75) is 43.2 Å². The Hall–Kier alpha value is -2.73. The lowest BCUT2D eigenvalue weighted by Crippen LogP contribution is -2.55.